The third-order valence-electron chi connectivity index (χ3n) is 4.82. The summed E-state index contributed by atoms with van der Waals surface area (Å²) in [5, 5.41) is 2.85. The zero-order valence-electron chi connectivity index (χ0n) is 15.8. The Morgan fingerprint density at radius 2 is 1.89 bits per heavy atom. The van der Waals surface area contributed by atoms with Gasteiger partial charge in [-0.3, -0.25) is 9.59 Å². The van der Waals surface area contributed by atoms with Gasteiger partial charge in [0, 0.05) is 44.4 Å². The number of aromatic nitrogens is 1. The highest BCUT2D eigenvalue weighted by Crippen LogP contribution is 2.33. The van der Waals surface area contributed by atoms with Crippen molar-refractivity contribution in [1.29, 1.82) is 0 Å². The minimum absolute atomic E-state index is 0.0588. The number of halogens is 1. The minimum Gasteiger partial charge on any atom is -0.356 e. The van der Waals surface area contributed by atoms with E-state index in [2.05, 4.69) is 9.88 Å². The number of nitrogens with zero attached hydrogens (tertiary/aromatic N) is 2. The van der Waals surface area contributed by atoms with Crippen LogP contribution in [-0.4, -0.2) is 34.4 Å². The van der Waals surface area contributed by atoms with Crippen molar-refractivity contribution in [3.8, 4) is 0 Å². The summed E-state index contributed by atoms with van der Waals surface area (Å²) in [5.41, 5.74) is 1.87. The van der Waals surface area contributed by atoms with Gasteiger partial charge >= 0.3 is 0 Å². The van der Waals surface area contributed by atoms with Crippen LogP contribution in [0.3, 0.4) is 0 Å². The van der Waals surface area contributed by atoms with Gasteiger partial charge in [-0.25, -0.2) is 4.39 Å². The van der Waals surface area contributed by atoms with E-state index >= 15 is 0 Å². The molecule has 1 atom stereocenters. The lowest BCUT2D eigenvalue weighted by Gasteiger charge is -2.37. The lowest BCUT2D eigenvalue weighted by atomic mass is 9.99. The lowest BCUT2D eigenvalue weighted by molar-refractivity contribution is -0.136. The topological polar surface area (TPSA) is 54.3 Å². The third-order valence-corrected chi connectivity index (χ3v) is 4.82. The van der Waals surface area contributed by atoms with E-state index < -0.39 is 0 Å². The molecule has 2 heterocycles. The smallest absolute Gasteiger partial charge is 0.223 e. The van der Waals surface area contributed by atoms with Crippen LogP contribution in [0.1, 0.15) is 44.0 Å². The average Bonchev–Trinajstić information content (AvgIpc) is 3.13. The van der Waals surface area contributed by atoms with Gasteiger partial charge in [-0.1, -0.05) is 26.0 Å². The van der Waals surface area contributed by atoms with E-state index in [4.69, 9.17) is 0 Å². The first-order valence-corrected chi connectivity index (χ1v) is 9.42. The number of carbonyl (C=O) groups excluding carboxylic acids is 2. The van der Waals surface area contributed by atoms with Gasteiger partial charge in [0.2, 0.25) is 11.8 Å². The number of fused-ring (bicyclic) bond motifs is 1. The van der Waals surface area contributed by atoms with Crippen molar-refractivity contribution in [1.82, 2.24) is 14.8 Å². The molecule has 0 spiro atoms. The molecule has 1 aromatic heterocycles. The van der Waals surface area contributed by atoms with Gasteiger partial charge in [0.15, 0.2) is 0 Å². The zero-order valence-corrected chi connectivity index (χ0v) is 15.8. The normalized spacial score (nSPS) is 16.3. The molecule has 1 N–H and O–H groups in total. The maximum atomic E-state index is 13.4. The Bertz CT molecular complexity index is 798. The van der Waals surface area contributed by atoms with Crippen LogP contribution in [0.15, 0.2) is 42.6 Å². The fourth-order valence-electron chi connectivity index (χ4n) is 3.42. The van der Waals surface area contributed by atoms with Crippen molar-refractivity contribution in [2.45, 2.75) is 39.3 Å². The van der Waals surface area contributed by atoms with Gasteiger partial charge in [0.25, 0.3) is 0 Å². The van der Waals surface area contributed by atoms with Gasteiger partial charge in [0.05, 0.1) is 6.04 Å². The lowest BCUT2D eigenvalue weighted by Crippen LogP contribution is -2.42. The fraction of sp³-hybridized carbons (Fsp3) is 0.429. The number of benzene rings is 1. The fourth-order valence-corrected chi connectivity index (χ4v) is 3.42. The highest BCUT2D eigenvalue weighted by atomic mass is 19.1. The molecule has 3 rings (SSSR count). The van der Waals surface area contributed by atoms with Crippen LogP contribution in [0.4, 0.5) is 4.39 Å². The van der Waals surface area contributed by atoms with Crippen LogP contribution >= 0.6 is 0 Å². The molecule has 2 aromatic rings. The number of carbonyl (C=O) groups is 2. The summed E-state index contributed by atoms with van der Waals surface area (Å²) in [6.07, 6.45) is 2.34. The van der Waals surface area contributed by atoms with E-state index in [9.17, 15) is 14.0 Å². The first-order valence-electron chi connectivity index (χ1n) is 9.42. The predicted octanol–water partition coefficient (Wildman–Crippen LogP) is 3.11. The van der Waals surface area contributed by atoms with Crippen molar-refractivity contribution >= 4 is 11.8 Å². The van der Waals surface area contributed by atoms with Gasteiger partial charge in [0.1, 0.15) is 5.82 Å². The summed E-state index contributed by atoms with van der Waals surface area (Å²) in [5.74, 6) is -0.0840. The Labute approximate surface area is 159 Å². The number of amides is 2. The molecular formula is C21H26FN3O2. The second-order valence-electron chi connectivity index (χ2n) is 7.37. The SMILES string of the molecule is CC(C)CNC(=O)CCC(=O)N1CCn2cccc2C1c1ccc(F)cc1. The summed E-state index contributed by atoms with van der Waals surface area (Å²) in [6, 6.07) is 9.96. The third kappa shape index (κ3) is 4.56. The molecule has 1 aliphatic heterocycles. The van der Waals surface area contributed by atoms with Gasteiger partial charge < -0.3 is 14.8 Å². The second-order valence-corrected chi connectivity index (χ2v) is 7.37. The van der Waals surface area contributed by atoms with Crippen LogP contribution in [0.25, 0.3) is 0 Å². The molecule has 0 fully saturated rings. The Morgan fingerprint density at radius 1 is 1.15 bits per heavy atom. The Kier molecular flexibility index (Phi) is 5.94. The maximum absolute atomic E-state index is 13.4. The molecule has 144 valence electrons. The molecule has 27 heavy (non-hydrogen) atoms. The van der Waals surface area contributed by atoms with Crippen molar-refractivity contribution in [2.75, 3.05) is 13.1 Å². The maximum Gasteiger partial charge on any atom is 0.223 e. The van der Waals surface area contributed by atoms with Crippen molar-refractivity contribution in [3.05, 3.63) is 59.7 Å². The molecule has 6 heteroatoms. The molecule has 2 amide bonds. The van der Waals surface area contributed by atoms with Crippen LogP contribution in [0.5, 0.6) is 0 Å². The molecule has 0 radical (unpaired) electrons. The van der Waals surface area contributed by atoms with Crippen molar-refractivity contribution in [3.63, 3.8) is 0 Å². The van der Waals surface area contributed by atoms with E-state index in [1.165, 1.54) is 12.1 Å². The monoisotopic (exact) mass is 371 g/mol. The molecule has 1 aliphatic rings. The molecule has 0 saturated heterocycles. The molecule has 0 saturated carbocycles. The van der Waals surface area contributed by atoms with E-state index in [0.717, 1.165) is 11.3 Å². The van der Waals surface area contributed by atoms with Crippen LogP contribution < -0.4 is 5.32 Å². The second kappa shape index (κ2) is 8.37. The Hall–Kier alpha value is -2.63. The molecule has 1 unspecified atom stereocenters. The molecule has 5 nitrogen and oxygen atoms in total. The first-order chi connectivity index (χ1) is 13.0. The predicted molar refractivity (Wildman–Crippen MR) is 101 cm³/mol. The Balaban J connectivity index is 1.74. The van der Waals surface area contributed by atoms with Crippen LogP contribution in [-0.2, 0) is 16.1 Å². The highest BCUT2D eigenvalue weighted by molar-refractivity contribution is 5.84. The number of hydrogen-bond donors (Lipinski definition) is 1. The standard InChI is InChI=1S/C21H26FN3O2/c1-15(2)14-23-19(26)9-10-20(27)25-13-12-24-11-3-4-18(24)21(25)16-5-7-17(22)8-6-16/h3-8,11,15,21H,9-10,12-14H2,1-2H3,(H,23,26). The van der Waals surface area contributed by atoms with E-state index in [1.54, 1.807) is 17.0 Å². The van der Waals surface area contributed by atoms with E-state index in [-0.39, 0.29) is 36.5 Å². The summed E-state index contributed by atoms with van der Waals surface area (Å²) in [7, 11) is 0. The molecule has 0 bridgehead atoms. The van der Waals surface area contributed by atoms with Crippen LogP contribution in [0, 0.1) is 11.7 Å². The van der Waals surface area contributed by atoms with Gasteiger partial charge in [-0.15, -0.1) is 0 Å². The quantitative estimate of drug-likeness (QED) is 0.848. The highest BCUT2D eigenvalue weighted by Gasteiger charge is 2.32. The summed E-state index contributed by atoms with van der Waals surface area (Å²) in [6.45, 7) is 5.95. The first kappa shape index (κ1) is 19.1. The van der Waals surface area contributed by atoms with Crippen molar-refractivity contribution in [2.24, 2.45) is 5.92 Å². The number of nitrogens with one attached hydrogen (secondary N) is 1. The number of hydrogen-bond acceptors (Lipinski definition) is 2. The zero-order chi connectivity index (χ0) is 19.4. The minimum atomic E-state index is -0.301. The van der Waals surface area contributed by atoms with Crippen molar-refractivity contribution < 1.29 is 14.0 Å². The van der Waals surface area contributed by atoms with E-state index in [0.29, 0.717) is 25.6 Å². The van der Waals surface area contributed by atoms with Crippen LogP contribution in [0.2, 0.25) is 0 Å². The summed E-state index contributed by atoms with van der Waals surface area (Å²) < 4.78 is 15.5. The Morgan fingerprint density at radius 3 is 2.59 bits per heavy atom. The average molecular weight is 371 g/mol. The summed E-state index contributed by atoms with van der Waals surface area (Å²) >= 11 is 0. The van der Waals surface area contributed by atoms with Gasteiger partial charge in [-0.2, -0.15) is 0 Å². The largest absolute Gasteiger partial charge is 0.356 e. The molecule has 0 aliphatic carbocycles. The van der Waals surface area contributed by atoms with Gasteiger partial charge in [-0.05, 0) is 35.7 Å². The van der Waals surface area contributed by atoms with E-state index in [1.807, 2.05) is 32.2 Å². The molecule has 1 aromatic carbocycles. The summed E-state index contributed by atoms with van der Waals surface area (Å²) in [4.78, 5) is 26.6. The number of rotatable bonds is 6. The molecular weight excluding hydrogens is 345 g/mol.